The Bertz CT molecular complexity index is 915. The molecule has 1 aromatic carbocycles. The number of hydrogen-bond acceptors (Lipinski definition) is 5. The van der Waals surface area contributed by atoms with Gasteiger partial charge in [0.05, 0.1) is 7.11 Å². The van der Waals surface area contributed by atoms with Crippen molar-refractivity contribution < 1.29 is 9.53 Å². The second-order valence-corrected chi connectivity index (χ2v) is 6.42. The number of pyridine rings is 2. The average molecular weight is 376 g/mol. The van der Waals surface area contributed by atoms with Crippen LogP contribution in [0.4, 0.5) is 5.69 Å². The number of nitrogens with one attached hydrogen (secondary N) is 1. The SMILES string of the molecule is COc1ccccc1CNC(=O)c1cc(N(C)CCc2ccncc2)ccn1. The predicted molar refractivity (Wildman–Crippen MR) is 110 cm³/mol. The molecule has 144 valence electrons. The minimum Gasteiger partial charge on any atom is -0.496 e. The van der Waals surface area contributed by atoms with Crippen molar-refractivity contribution in [3.05, 3.63) is 83.9 Å². The van der Waals surface area contributed by atoms with Gasteiger partial charge in [-0.2, -0.15) is 0 Å². The number of hydrogen-bond donors (Lipinski definition) is 1. The molecule has 6 heteroatoms. The number of para-hydroxylation sites is 1. The number of benzene rings is 1. The third-order valence-corrected chi connectivity index (χ3v) is 4.53. The molecule has 0 radical (unpaired) electrons. The molecule has 0 fully saturated rings. The lowest BCUT2D eigenvalue weighted by molar-refractivity contribution is 0.0945. The van der Waals surface area contributed by atoms with Gasteiger partial charge in [0.15, 0.2) is 0 Å². The highest BCUT2D eigenvalue weighted by Gasteiger charge is 2.11. The van der Waals surface area contributed by atoms with Gasteiger partial charge in [-0.15, -0.1) is 0 Å². The molecule has 2 aromatic heterocycles. The van der Waals surface area contributed by atoms with Crippen molar-refractivity contribution in [3.8, 4) is 5.75 Å². The third kappa shape index (κ3) is 5.07. The van der Waals surface area contributed by atoms with Gasteiger partial charge in [-0.1, -0.05) is 18.2 Å². The number of anilines is 1. The van der Waals surface area contributed by atoms with Crippen molar-refractivity contribution >= 4 is 11.6 Å². The molecule has 28 heavy (non-hydrogen) atoms. The molecule has 0 bridgehead atoms. The normalized spacial score (nSPS) is 10.4. The van der Waals surface area contributed by atoms with E-state index in [-0.39, 0.29) is 5.91 Å². The summed E-state index contributed by atoms with van der Waals surface area (Å²) in [5.74, 6) is 0.538. The summed E-state index contributed by atoms with van der Waals surface area (Å²) in [6, 6.07) is 15.4. The van der Waals surface area contributed by atoms with Crippen LogP contribution in [0.25, 0.3) is 0 Å². The first-order valence-electron chi connectivity index (χ1n) is 9.13. The predicted octanol–water partition coefficient (Wildman–Crippen LogP) is 3.09. The largest absolute Gasteiger partial charge is 0.496 e. The van der Waals surface area contributed by atoms with Crippen molar-refractivity contribution in [2.45, 2.75) is 13.0 Å². The molecule has 3 rings (SSSR count). The molecule has 0 saturated heterocycles. The molecule has 0 aliphatic heterocycles. The van der Waals surface area contributed by atoms with Crippen molar-refractivity contribution in [1.29, 1.82) is 0 Å². The van der Waals surface area contributed by atoms with E-state index in [1.165, 1.54) is 5.56 Å². The molecular formula is C22H24N4O2. The highest BCUT2D eigenvalue weighted by atomic mass is 16.5. The second kappa shape index (κ2) is 9.50. The number of carbonyl (C=O) groups excluding carboxylic acids is 1. The molecule has 2 heterocycles. The highest BCUT2D eigenvalue weighted by Crippen LogP contribution is 2.17. The Labute approximate surface area is 165 Å². The third-order valence-electron chi connectivity index (χ3n) is 4.53. The lowest BCUT2D eigenvalue weighted by Crippen LogP contribution is -2.25. The summed E-state index contributed by atoms with van der Waals surface area (Å²) in [5, 5.41) is 2.91. The highest BCUT2D eigenvalue weighted by molar-refractivity contribution is 5.93. The maximum absolute atomic E-state index is 12.5. The maximum atomic E-state index is 12.5. The minimum absolute atomic E-state index is 0.213. The van der Waals surface area contributed by atoms with Crippen molar-refractivity contribution in [2.75, 3.05) is 25.6 Å². The van der Waals surface area contributed by atoms with Gasteiger partial charge in [-0.05, 0) is 42.3 Å². The molecule has 6 nitrogen and oxygen atoms in total. The van der Waals surface area contributed by atoms with E-state index >= 15 is 0 Å². The lowest BCUT2D eigenvalue weighted by atomic mass is 10.2. The zero-order valence-corrected chi connectivity index (χ0v) is 16.1. The van der Waals surface area contributed by atoms with Crippen LogP contribution in [0.15, 0.2) is 67.1 Å². The quantitative estimate of drug-likeness (QED) is 0.654. The van der Waals surface area contributed by atoms with Gasteiger partial charge in [0, 0.05) is 50.0 Å². The fourth-order valence-electron chi connectivity index (χ4n) is 2.87. The minimum atomic E-state index is -0.213. The van der Waals surface area contributed by atoms with Gasteiger partial charge in [0.2, 0.25) is 0 Å². The maximum Gasteiger partial charge on any atom is 0.270 e. The van der Waals surface area contributed by atoms with Crippen LogP contribution in [0.2, 0.25) is 0 Å². The van der Waals surface area contributed by atoms with E-state index in [1.807, 2.05) is 55.6 Å². The summed E-state index contributed by atoms with van der Waals surface area (Å²) in [4.78, 5) is 22.9. The van der Waals surface area contributed by atoms with Gasteiger partial charge in [0.25, 0.3) is 5.91 Å². The van der Waals surface area contributed by atoms with Gasteiger partial charge >= 0.3 is 0 Å². The van der Waals surface area contributed by atoms with Crippen LogP contribution in [0.3, 0.4) is 0 Å². The fraction of sp³-hybridized carbons (Fsp3) is 0.227. The zero-order valence-electron chi connectivity index (χ0n) is 16.1. The lowest BCUT2D eigenvalue weighted by Gasteiger charge is -2.19. The van der Waals surface area contributed by atoms with Crippen LogP contribution in [-0.2, 0) is 13.0 Å². The number of likely N-dealkylation sites (N-methyl/N-ethyl adjacent to an activating group) is 1. The smallest absolute Gasteiger partial charge is 0.270 e. The number of aromatic nitrogens is 2. The van der Waals surface area contributed by atoms with Crippen molar-refractivity contribution in [3.63, 3.8) is 0 Å². The number of methoxy groups -OCH3 is 1. The first-order chi connectivity index (χ1) is 13.7. The Morgan fingerprint density at radius 1 is 1.11 bits per heavy atom. The van der Waals surface area contributed by atoms with Crippen LogP contribution >= 0.6 is 0 Å². The standard InChI is InChI=1S/C22H24N4O2/c1-26(14-10-17-7-11-23-12-8-17)19-9-13-24-20(15-19)22(27)25-16-18-5-3-4-6-21(18)28-2/h3-9,11-13,15H,10,14,16H2,1-2H3,(H,25,27). The molecule has 3 aromatic rings. The summed E-state index contributed by atoms with van der Waals surface area (Å²) < 4.78 is 5.32. The fourth-order valence-corrected chi connectivity index (χ4v) is 2.87. The Hall–Kier alpha value is -3.41. The summed E-state index contributed by atoms with van der Waals surface area (Å²) in [5.41, 5.74) is 3.49. The van der Waals surface area contributed by atoms with E-state index < -0.39 is 0 Å². The zero-order chi connectivity index (χ0) is 19.8. The van der Waals surface area contributed by atoms with E-state index in [0.717, 1.165) is 30.0 Å². The second-order valence-electron chi connectivity index (χ2n) is 6.42. The Morgan fingerprint density at radius 2 is 1.89 bits per heavy atom. The number of nitrogens with zero attached hydrogens (tertiary/aromatic N) is 3. The monoisotopic (exact) mass is 376 g/mol. The van der Waals surface area contributed by atoms with E-state index in [4.69, 9.17) is 4.74 Å². The molecule has 0 spiro atoms. The van der Waals surface area contributed by atoms with E-state index in [2.05, 4.69) is 20.2 Å². The van der Waals surface area contributed by atoms with Crippen molar-refractivity contribution in [1.82, 2.24) is 15.3 Å². The number of amides is 1. The van der Waals surface area contributed by atoms with Crippen LogP contribution in [-0.4, -0.2) is 36.6 Å². The Balaban J connectivity index is 1.61. The van der Waals surface area contributed by atoms with Crippen LogP contribution < -0.4 is 15.0 Å². The van der Waals surface area contributed by atoms with E-state index in [0.29, 0.717) is 12.2 Å². The summed E-state index contributed by atoms with van der Waals surface area (Å²) in [6.07, 6.45) is 6.16. The Morgan fingerprint density at radius 3 is 2.68 bits per heavy atom. The number of carbonyl (C=O) groups is 1. The van der Waals surface area contributed by atoms with Crippen LogP contribution in [0, 0.1) is 0 Å². The van der Waals surface area contributed by atoms with Crippen molar-refractivity contribution in [2.24, 2.45) is 0 Å². The van der Waals surface area contributed by atoms with E-state index in [9.17, 15) is 4.79 Å². The van der Waals surface area contributed by atoms with Crippen LogP contribution in [0.5, 0.6) is 5.75 Å². The molecule has 0 saturated carbocycles. The molecule has 1 N–H and O–H groups in total. The molecule has 0 unspecified atom stereocenters. The summed E-state index contributed by atoms with van der Waals surface area (Å²) >= 11 is 0. The number of ether oxygens (including phenoxy) is 1. The molecular weight excluding hydrogens is 352 g/mol. The number of rotatable bonds is 8. The van der Waals surface area contributed by atoms with Gasteiger partial charge < -0.3 is 15.0 Å². The van der Waals surface area contributed by atoms with E-state index in [1.54, 1.807) is 25.7 Å². The molecule has 1 amide bonds. The first kappa shape index (κ1) is 19.4. The molecule has 0 atom stereocenters. The van der Waals surface area contributed by atoms with Crippen LogP contribution in [0.1, 0.15) is 21.6 Å². The van der Waals surface area contributed by atoms with Gasteiger partial charge in [-0.3, -0.25) is 14.8 Å². The average Bonchev–Trinajstić information content (AvgIpc) is 2.76. The first-order valence-corrected chi connectivity index (χ1v) is 9.13. The summed E-state index contributed by atoms with van der Waals surface area (Å²) in [7, 11) is 3.63. The van der Waals surface area contributed by atoms with Gasteiger partial charge in [-0.25, -0.2) is 0 Å². The Kier molecular flexibility index (Phi) is 6.57. The summed E-state index contributed by atoms with van der Waals surface area (Å²) in [6.45, 7) is 1.21. The molecule has 0 aliphatic rings. The van der Waals surface area contributed by atoms with Gasteiger partial charge in [0.1, 0.15) is 11.4 Å². The topological polar surface area (TPSA) is 67.3 Å². The molecule has 0 aliphatic carbocycles.